The molecule has 5 nitrogen and oxygen atoms in total. The summed E-state index contributed by atoms with van der Waals surface area (Å²) in [7, 11) is -3.91. The SMILES string of the molecule is CC(C)c1ccc(S(=O)(=O)Cc2cc(C(F)(F)F)nn2-c2cccc3cnccc23)cc1. The number of hydrogen-bond donors (Lipinski definition) is 0. The van der Waals surface area contributed by atoms with Crippen LogP contribution in [-0.2, 0) is 21.8 Å². The second-order valence-corrected chi connectivity index (χ2v) is 9.78. The van der Waals surface area contributed by atoms with Crippen molar-refractivity contribution in [1.29, 1.82) is 0 Å². The highest BCUT2D eigenvalue weighted by atomic mass is 32.2. The number of benzene rings is 2. The topological polar surface area (TPSA) is 64.8 Å². The number of aromatic nitrogens is 3. The second kappa shape index (κ2) is 8.05. The molecule has 2 aromatic carbocycles. The van der Waals surface area contributed by atoms with Gasteiger partial charge in [0.25, 0.3) is 0 Å². The van der Waals surface area contributed by atoms with E-state index in [1.165, 1.54) is 18.3 Å². The fourth-order valence-electron chi connectivity index (χ4n) is 3.50. The van der Waals surface area contributed by atoms with Gasteiger partial charge in [-0.3, -0.25) is 4.98 Å². The standard InChI is InChI=1S/C23H20F3N3O2S/c1-15(2)16-6-8-19(9-7-16)32(30,31)14-18-12-22(23(24,25)26)28-29(18)21-5-3-4-17-13-27-11-10-20(17)21/h3-13,15H,14H2,1-2H3. The van der Waals surface area contributed by atoms with Crippen molar-refractivity contribution in [2.45, 2.75) is 36.6 Å². The van der Waals surface area contributed by atoms with Gasteiger partial charge in [0.1, 0.15) is 0 Å². The van der Waals surface area contributed by atoms with E-state index < -0.39 is 27.5 Å². The number of pyridine rings is 1. The van der Waals surface area contributed by atoms with Gasteiger partial charge in [-0.25, -0.2) is 13.1 Å². The summed E-state index contributed by atoms with van der Waals surface area (Å²) in [6.07, 6.45) is -1.61. The van der Waals surface area contributed by atoms with Gasteiger partial charge in [-0.05, 0) is 41.8 Å². The number of nitrogens with zero attached hydrogens (tertiary/aromatic N) is 3. The summed E-state index contributed by atoms with van der Waals surface area (Å²) in [6.45, 7) is 3.97. The minimum Gasteiger partial charge on any atom is -0.264 e. The molecule has 166 valence electrons. The van der Waals surface area contributed by atoms with Gasteiger partial charge in [0, 0.05) is 23.2 Å². The Morgan fingerprint density at radius 3 is 2.41 bits per heavy atom. The summed E-state index contributed by atoms with van der Waals surface area (Å²) in [5.74, 6) is -0.401. The lowest BCUT2D eigenvalue weighted by atomic mass is 10.0. The zero-order valence-electron chi connectivity index (χ0n) is 17.3. The highest BCUT2D eigenvalue weighted by Crippen LogP contribution is 2.32. The molecule has 0 aliphatic carbocycles. The average molecular weight is 459 g/mol. The van der Waals surface area contributed by atoms with Crippen molar-refractivity contribution in [2.24, 2.45) is 0 Å². The molecule has 32 heavy (non-hydrogen) atoms. The molecule has 0 saturated heterocycles. The molecule has 0 fully saturated rings. The van der Waals surface area contributed by atoms with E-state index in [1.807, 2.05) is 13.8 Å². The highest BCUT2D eigenvalue weighted by Gasteiger charge is 2.36. The molecular formula is C23H20F3N3O2S. The van der Waals surface area contributed by atoms with E-state index in [9.17, 15) is 21.6 Å². The van der Waals surface area contributed by atoms with Crippen LogP contribution in [0.2, 0.25) is 0 Å². The van der Waals surface area contributed by atoms with E-state index in [0.29, 0.717) is 16.5 Å². The molecule has 0 radical (unpaired) electrons. The van der Waals surface area contributed by atoms with Gasteiger partial charge in [0.15, 0.2) is 15.5 Å². The third-order valence-corrected chi connectivity index (χ3v) is 6.87. The fourth-order valence-corrected chi connectivity index (χ4v) is 4.81. The maximum absolute atomic E-state index is 13.5. The predicted octanol–water partition coefficient (Wildman–Crippen LogP) is 5.54. The number of fused-ring (bicyclic) bond motifs is 1. The van der Waals surface area contributed by atoms with Gasteiger partial charge in [-0.15, -0.1) is 0 Å². The molecule has 0 saturated carbocycles. The van der Waals surface area contributed by atoms with E-state index in [4.69, 9.17) is 0 Å². The van der Waals surface area contributed by atoms with Crippen LogP contribution in [0.15, 0.2) is 71.9 Å². The molecule has 9 heteroatoms. The quantitative estimate of drug-likeness (QED) is 0.393. The van der Waals surface area contributed by atoms with Crippen LogP contribution < -0.4 is 0 Å². The zero-order valence-corrected chi connectivity index (χ0v) is 18.2. The summed E-state index contributed by atoms with van der Waals surface area (Å²) >= 11 is 0. The molecule has 4 rings (SSSR count). The summed E-state index contributed by atoms with van der Waals surface area (Å²) in [5, 5.41) is 5.04. The van der Waals surface area contributed by atoms with Gasteiger partial charge >= 0.3 is 6.18 Å². The Kier molecular flexibility index (Phi) is 5.54. The molecule has 0 aliphatic heterocycles. The van der Waals surface area contributed by atoms with Gasteiger partial charge in [0.05, 0.1) is 22.0 Å². The number of hydrogen-bond acceptors (Lipinski definition) is 4. The third kappa shape index (κ3) is 4.25. The molecule has 0 aliphatic rings. The van der Waals surface area contributed by atoms with E-state index in [0.717, 1.165) is 16.3 Å². The van der Waals surface area contributed by atoms with Crippen LogP contribution in [0.3, 0.4) is 0 Å². The van der Waals surface area contributed by atoms with Crippen molar-refractivity contribution >= 4 is 20.6 Å². The summed E-state index contributed by atoms with van der Waals surface area (Å²) in [6, 6.07) is 13.9. The molecule has 0 unspecified atom stereocenters. The first-order chi connectivity index (χ1) is 15.1. The zero-order chi connectivity index (χ0) is 23.1. The van der Waals surface area contributed by atoms with E-state index in [-0.39, 0.29) is 16.5 Å². The van der Waals surface area contributed by atoms with Crippen molar-refractivity contribution < 1.29 is 21.6 Å². The Hall–Kier alpha value is -3.20. The minimum absolute atomic E-state index is 0.0466. The number of halogens is 3. The largest absolute Gasteiger partial charge is 0.435 e. The lowest BCUT2D eigenvalue weighted by Gasteiger charge is -2.12. The third-order valence-electron chi connectivity index (χ3n) is 5.20. The van der Waals surface area contributed by atoms with Crippen LogP contribution in [0, 0.1) is 0 Å². The summed E-state index contributed by atoms with van der Waals surface area (Å²) in [4.78, 5) is 4.07. The first kappa shape index (κ1) is 22.0. The Morgan fingerprint density at radius 1 is 1.03 bits per heavy atom. The normalized spacial score (nSPS) is 12.6. The molecule has 0 N–H and O–H groups in total. The summed E-state index contributed by atoms with van der Waals surface area (Å²) < 4.78 is 67.5. The van der Waals surface area contributed by atoms with Crippen LogP contribution >= 0.6 is 0 Å². The predicted molar refractivity (Wildman–Crippen MR) is 115 cm³/mol. The smallest absolute Gasteiger partial charge is 0.264 e. The van der Waals surface area contributed by atoms with Crippen molar-refractivity contribution in [1.82, 2.24) is 14.8 Å². The monoisotopic (exact) mass is 459 g/mol. The molecule has 0 spiro atoms. The lowest BCUT2D eigenvalue weighted by molar-refractivity contribution is -0.141. The van der Waals surface area contributed by atoms with Crippen LogP contribution in [0.4, 0.5) is 13.2 Å². The minimum atomic E-state index is -4.71. The Morgan fingerprint density at radius 2 is 1.75 bits per heavy atom. The number of rotatable bonds is 5. The van der Waals surface area contributed by atoms with Gasteiger partial charge in [-0.2, -0.15) is 18.3 Å². The van der Waals surface area contributed by atoms with Crippen LogP contribution in [0.1, 0.15) is 36.7 Å². The van der Waals surface area contributed by atoms with Crippen LogP contribution in [0.5, 0.6) is 0 Å². The first-order valence-electron chi connectivity index (χ1n) is 9.88. The first-order valence-corrected chi connectivity index (χ1v) is 11.5. The molecule has 0 amide bonds. The number of sulfone groups is 1. The lowest BCUT2D eigenvalue weighted by Crippen LogP contribution is -2.11. The second-order valence-electron chi connectivity index (χ2n) is 7.79. The van der Waals surface area contributed by atoms with Crippen molar-refractivity contribution in [3.8, 4) is 5.69 Å². The average Bonchev–Trinajstić information content (AvgIpc) is 3.17. The molecule has 4 aromatic rings. The van der Waals surface area contributed by atoms with E-state index >= 15 is 0 Å². The molecule has 2 heterocycles. The maximum atomic E-state index is 13.5. The fraction of sp³-hybridized carbons (Fsp3) is 0.217. The molecule has 0 atom stereocenters. The van der Waals surface area contributed by atoms with E-state index in [2.05, 4.69) is 10.1 Å². The van der Waals surface area contributed by atoms with Crippen molar-refractivity contribution in [2.75, 3.05) is 0 Å². The van der Waals surface area contributed by atoms with Gasteiger partial charge in [0.2, 0.25) is 0 Å². The Labute approximate surface area is 183 Å². The van der Waals surface area contributed by atoms with Crippen LogP contribution in [0.25, 0.3) is 16.5 Å². The van der Waals surface area contributed by atoms with Crippen molar-refractivity contribution in [3.63, 3.8) is 0 Å². The van der Waals surface area contributed by atoms with Gasteiger partial charge in [-0.1, -0.05) is 38.1 Å². The van der Waals surface area contributed by atoms with Gasteiger partial charge < -0.3 is 0 Å². The molecule has 2 aromatic heterocycles. The summed E-state index contributed by atoms with van der Waals surface area (Å²) in [5.41, 5.74) is 0.0944. The Balaban J connectivity index is 1.82. The Bertz CT molecular complexity index is 1370. The molecule has 0 bridgehead atoms. The molecular weight excluding hydrogens is 439 g/mol. The highest BCUT2D eigenvalue weighted by molar-refractivity contribution is 7.90. The van der Waals surface area contributed by atoms with E-state index in [1.54, 1.807) is 42.6 Å². The van der Waals surface area contributed by atoms with Crippen LogP contribution in [-0.4, -0.2) is 23.2 Å². The maximum Gasteiger partial charge on any atom is 0.435 e. The number of alkyl halides is 3. The van der Waals surface area contributed by atoms with Crippen molar-refractivity contribution in [3.05, 3.63) is 83.9 Å².